The van der Waals surface area contributed by atoms with Crippen LogP contribution in [0.5, 0.6) is 0 Å². The molecule has 0 atom stereocenters. The molecule has 0 aliphatic heterocycles. The summed E-state index contributed by atoms with van der Waals surface area (Å²) in [5.41, 5.74) is 3.94. The molecule has 84 valence electrons. The van der Waals surface area contributed by atoms with Gasteiger partial charge in [-0.25, -0.2) is 4.52 Å². The number of hydrogen-bond acceptors (Lipinski definition) is 2. The van der Waals surface area contributed by atoms with Crippen molar-refractivity contribution in [1.82, 2.24) is 9.61 Å². The van der Waals surface area contributed by atoms with Crippen LogP contribution in [0.4, 0.5) is 0 Å². The summed E-state index contributed by atoms with van der Waals surface area (Å²) in [5, 5.41) is 13.6. The van der Waals surface area contributed by atoms with Crippen LogP contribution in [-0.4, -0.2) is 14.7 Å². The Hall–Kier alpha value is -2.13. The zero-order valence-corrected chi connectivity index (χ0v) is 9.24. The molecular formula is C14H12N2O. The van der Waals surface area contributed by atoms with E-state index in [9.17, 15) is 0 Å². The number of nitrogens with zero attached hydrogens (tertiary/aromatic N) is 2. The third-order valence-corrected chi connectivity index (χ3v) is 2.78. The second-order valence-electron chi connectivity index (χ2n) is 3.96. The number of benzene rings is 1. The average molecular weight is 224 g/mol. The lowest BCUT2D eigenvalue weighted by molar-refractivity contribution is 0.282. The molecule has 17 heavy (non-hydrogen) atoms. The molecule has 0 amide bonds. The van der Waals surface area contributed by atoms with E-state index in [-0.39, 0.29) is 6.61 Å². The molecule has 0 saturated heterocycles. The highest BCUT2D eigenvalue weighted by molar-refractivity contribution is 5.66. The van der Waals surface area contributed by atoms with Crippen LogP contribution in [0, 0.1) is 0 Å². The summed E-state index contributed by atoms with van der Waals surface area (Å²) in [6.07, 6.45) is 1.87. The largest absolute Gasteiger partial charge is 0.392 e. The summed E-state index contributed by atoms with van der Waals surface area (Å²) >= 11 is 0. The SMILES string of the molecule is OCc1ccn2nc(-c3ccccc3)cc2c1. The molecule has 2 heterocycles. The number of fused-ring (bicyclic) bond motifs is 1. The molecule has 0 radical (unpaired) electrons. The third-order valence-electron chi connectivity index (χ3n) is 2.78. The van der Waals surface area contributed by atoms with Crippen LogP contribution in [0.1, 0.15) is 5.56 Å². The fraction of sp³-hybridized carbons (Fsp3) is 0.0714. The van der Waals surface area contributed by atoms with Crippen molar-refractivity contribution in [3.05, 3.63) is 60.3 Å². The number of aliphatic hydroxyl groups is 1. The van der Waals surface area contributed by atoms with Gasteiger partial charge in [-0.3, -0.25) is 0 Å². The predicted molar refractivity (Wildman–Crippen MR) is 66.6 cm³/mol. The molecule has 3 nitrogen and oxygen atoms in total. The zero-order valence-electron chi connectivity index (χ0n) is 9.24. The van der Waals surface area contributed by atoms with Crippen molar-refractivity contribution in [2.75, 3.05) is 0 Å². The van der Waals surface area contributed by atoms with Gasteiger partial charge in [0.2, 0.25) is 0 Å². The normalized spacial score (nSPS) is 10.9. The Morgan fingerprint density at radius 3 is 2.65 bits per heavy atom. The van der Waals surface area contributed by atoms with Crippen LogP contribution in [-0.2, 0) is 6.61 Å². The van der Waals surface area contributed by atoms with Gasteiger partial charge in [-0.1, -0.05) is 30.3 Å². The zero-order chi connectivity index (χ0) is 11.7. The summed E-state index contributed by atoms with van der Waals surface area (Å²) in [4.78, 5) is 0. The summed E-state index contributed by atoms with van der Waals surface area (Å²) in [7, 11) is 0. The molecule has 3 aromatic rings. The van der Waals surface area contributed by atoms with Crippen LogP contribution < -0.4 is 0 Å². The Labute approximate surface area is 99.0 Å². The van der Waals surface area contributed by atoms with Crippen LogP contribution >= 0.6 is 0 Å². The van der Waals surface area contributed by atoms with Crippen molar-refractivity contribution in [3.63, 3.8) is 0 Å². The van der Waals surface area contributed by atoms with E-state index >= 15 is 0 Å². The highest BCUT2D eigenvalue weighted by atomic mass is 16.3. The molecule has 1 N–H and O–H groups in total. The van der Waals surface area contributed by atoms with Crippen molar-refractivity contribution < 1.29 is 5.11 Å². The lowest BCUT2D eigenvalue weighted by atomic mass is 10.1. The molecule has 0 bridgehead atoms. The van der Waals surface area contributed by atoms with Gasteiger partial charge < -0.3 is 5.11 Å². The summed E-state index contributed by atoms with van der Waals surface area (Å²) < 4.78 is 1.82. The van der Waals surface area contributed by atoms with Crippen LogP contribution in [0.15, 0.2) is 54.7 Å². The maximum absolute atomic E-state index is 9.09. The number of pyridine rings is 1. The van der Waals surface area contributed by atoms with Gasteiger partial charge in [0, 0.05) is 11.8 Å². The van der Waals surface area contributed by atoms with E-state index in [1.54, 1.807) is 0 Å². The van der Waals surface area contributed by atoms with Gasteiger partial charge in [0.1, 0.15) is 0 Å². The van der Waals surface area contributed by atoms with Gasteiger partial charge in [-0.15, -0.1) is 0 Å². The van der Waals surface area contributed by atoms with E-state index in [1.807, 2.05) is 59.2 Å². The van der Waals surface area contributed by atoms with E-state index < -0.39 is 0 Å². The maximum Gasteiger partial charge on any atom is 0.0933 e. The molecule has 3 heteroatoms. The van der Waals surface area contributed by atoms with Gasteiger partial charge >= 0.3 is 0 Å². The lowest BCUT2D eigenvalue weighted by Gasteiger charge is -1.96. The molecule has 1 aromatic carbocycles. The lowest BCUT2D eigenvalue weighted by Crippen LogP contribution is -1.89. The fourth-order valence-electron chi connectivity index (χ4n) is 1.89. The van der Waals surface area contributed by atoms with E-state index in [0.29, 0.717) is 0 Å². The first kappa shape index (κ1) is 10.1. The Morgan fingerprint density at radius 2 is 1.88 bits per heavy atom. The topological polar surface area (TPSA) is 37.5 Å². The second kappa shape index (κ2) is 4.03. The second-order valence-corrected chi connectivity index (χ2v) is 3.96. The minimum atomic E-state index is 0.0579. The molecule has 0 spiro atoms. The Bertz CT molecular complexity index is 644. The Balaban J connectivity index is 2.14. The molecule has 0 fully saturated rings. The molecular weight excluding hydrogens is 212 g/mol. The van der Waals surface area contributed by atoms with Crippen LogP contribution in [0.2, 0.25) is 0 Å². The maximum atomic E-state index is 9.09. The van der Waals surface area contributed by atoms with Gasteiger partial charge in [-0.2, -0.15) is 5.10 Å². The number of hydrogen-bond donors (Lipinski definition) is 1. The number of aliphatic hydroxyl groups excluding tert-OH is 1. The smallest absolute Gasteiger partial charge is 0.0933 e. The van der Waals surface area contributed by atoms with E-state index in [1.165, 1.54) is 0 Å². The van der Waals surface area contributed by atoms with Gasteiger partial charge in [-0.05, 0) is 23.8 Å². The Kier molecular flexibility index (Phi) is 2.38. The first-order valence-electron chi connectivity index (χ1n) is 5.51. The molecule has 0 unspecified atom stereocenters. The molecule has 2 aromatic heterocycles. The van der Waals surface area contributed by atoms with E-state index in [2.05, 4.69) is 5.10 Å². The predicted octanol–water partition coefficient (Wildman–Crippen LogP) is 2.49. The van der Waals surface area contributed by atoms with Gasteiger partial charge in [0.05, 0.1) is 17.8 Å². The van der Waals surface area contributed by atoms with Crippen molar-refractivity contribution >= 4 is 5.52 Å². The first-order valence-corrected chi connectivity index (χ1v) is 5.51. The first-order chi connectivity index (χ1) is 8.36. The van der Waals surface area contributed by atoms with E-state index in [4.69, 9.17) is 5.11 Å². The highest BCUT2D eigenvalue weighted by Crippen LogP contribution is 2.19. The van der Waals surface area contributed by atoms with Gasteiger partial charge in [0.25, 0.3) is 0 Å². The molecule has 0 aliphatic rings. The molecule has 0 aliphatic carbocycles. The standard InChI is InChI=1S/C14H12N2O/c17-10-11-6-7-16-13(8-11)9-14(15-16)12-4-2-1-3-5-12/h1-9,17H,10H2. The number of aromatic nitrogens is 2. The fourth-order valence-corrected chi connectivity index (χ4v) is 1.89. The van der Waals surface area contributed by atoms with Crippen molar-refractivity contribution in [3.8, 4) is 11.3 Å². The molecule has 3 rings (SSSR count). The van der Waals surface area contributed by atoms with E-state index in [0.717, 1.165) is 22.3 Å². The van der Waals surface area contributed by atoms with Crippen LogP contribution in [0.25, 0.3) is 16.8 Å². The molecule has 0 saturated carbocycles. The Morgan fingerprint density at radius 1 is 1.06 bits per heavy atom. The average Bonchev–Trinajstić information content (AvgIpc) is 2.82. The number of rotatable bonds is 2. The van der Waals surface area contributed by atoms with Crippen molar-refractivity contribution in [2.45, 2.75) is 6.61 Å². The third kappa shape index (κ3) is 1.81. The van der Waals surface area contributed by atoms with Crippen molar-refractivity contribution in [2.24, 2.45) is 0 Å². The minimum Gasteiger partial charge on any atom is -0.392 e. The minimum absolute atomic E-state index is 0.0579. The summed E-state index contributed by atoms with van der Waals surface area (Å²) in [6.45, 7) is 0.0579. The monoisotopic (exact) mass is 224 g/mol. The van der Waals surface area contributed by atoms with Crippen molar-refractivity contribution in [1.29, 1.82) is 0 Å². The van der Waals surface area contributed by atoms with Gasteiger partial charge in [0.15, 0.2) is 0 Å². The highest BCUT2D eigenvalue weighted by Gasteiger charge is 2.04. The quantitative estimate of drug-likeness (QED) is 0.726. The summed E-state index contributed by atoms with van der Waals surface area (Å²) in [6, 6.07) is 15.9. The summed E-state index contributed by atoms with van der Waals surface area (Å²) in [5.74, 6) is 0. The van der Waals surface area contributed by atoms with Crippen LogP contribution in [0.3, 0.4) is 0 Å².